The van der Waals surface area contributed by atoms with Gasteiger partial charge < -0.3 is 10.2 Å². The summed E-state index contributed by atoms with van der Waals surface area (Å²) in [5, 5.41) is 3.76. The average molecular weight is 472 g/mol. The largest absolute Gasteiger partial charge is 0.336 e. The molecule has 1 atom stereocenters. The van der Waals surface area contributed by atoms with Gasteiger partial charge in [0, 0.05) is 34.1 Å². The summed E-state index contributed by atoms with van der Waals surface area (Å²) in [7, 11) is -3.88. The zero-order valence-corrected chi connectivity index (χ0v) is 18.4. The Morgan fingerprint density at radius 2 is 1.71 bits per heavy atom. The number of nitrogens with zero attached hydrogens (tertiary/aromatic N) is 2. The Hall–Kier alpha value is -2.89. The van der Waals surface area contributed by atoms with Crippen LogP contribution in [-0.4, -0.2) is 20.4 Å². The lowest BCUT2D eigenvalue weighted by Crippen LogP contribution is -2.24. The SMILES string of the molecule is O=C(Nc1ccc(-n2ccnc2P(=O)(O)c2ccccc2)cc1)c1ccc(Cl)cc1Cl. The van der Waals surface area contributed by atoms with Crippen LogP contribution in [0.4, 0.5) is 5.69 Å². The van der Waals surface area contributed by atoms with E-state index in [-0.39, 0.29) is 16.5 Å². The minimum atomic E-state index is -3.88. The maximum Gasteiger partial charge on any atom is 0.293 e. The summed E-state index contributed by atoms with van der Waals surface area (Å²) in [6.07, 6.45) is 3.08. The fourth-order valence-electron chi connectivity index (χ4n) is 3.04. The molecule has 6 nitrogen and oxygen atoms in total. The van der Waals surface area contributed by atoms with Crippen LogP contribution in [0.5, 0.6) is 0 Å². The first-order valence-electron chi connectivity index (χ1n) is 9.15. The highest BCUT2D eigenvalue weighted by atomic mass is 35.5. The van der Waals surface area contributed by atoms with Crippen molar-refractivity contribution in [3.05, 3.63) is 101 Å². The van der Waals surface area contributed by atoms with Crippen molar-refractivity contribution in [2.75, 3.05) is 5.32 Å². The maximum atomic E-state index is 13.1. The van der Waals surface area contributed by atoms with Crippen molar-refractivity contribution in [2.45, 2.75) is 0 Å². The molecule has 31 heavy (non-hydrogen) atoms. The Balaban J connectivity index is 1.58. The Kier molecular flexibility index (Phi) is 5.99. The van der Waals surface area contributed by atoms with E-state index < -0.39 is 7.37 Å². The molecule has 1 amide bonds. The molecule has 0 saturated heterocycles. The molecule has 0 aliphatic heterocycles. The molecule has 4 aromatic rings. The number of anilines is 1. The number of carbonyl (C=O) groups is 1. The highest BCUT2D eigenvalue weighted by Gasteiger charge is 2.29. The van der Waals surface area contributed by atoms with Crippen molar-refractivity contribution >= 4 is 53.0 Å². The Bertz CT molecular complexity index is 1290. The van der Waals surface area contributed by atoms with Crippen LogP contribution in [0.2, 0.25) is 10.0 Å². The Morgan fingerprint density at radius 3 is 2.39 bits per heavy atom. The summed E-state index contributed by atoms with van der Waals surface area (Å²) < 4.78 is 14.6. The van der Waals surface area contributed by atoms with Crippen molar-refractivity contribution in [1.82, 2.24) is 9.55 Å². The topological polar surface area (TPSA) is 84.2 Å². The highest BCUT2D eigenvalue weighted by Crippen LogP contribution is 2.37. The van der Waals surface area contributed by atoms with Crippen molar-refractivity contribution < 1.29 is 14.3 Å². The minimum Gasteiger partial charge on any atom is -0.336 e. The van der Waals surface area contributed by atoms with E-state index in [9.17, 15) is 14.3 Å². The fraction of sp³-hybridized carbons (Fsp3) is 0. The molecule has 9 heteroatoms. The molecule has 0 aliphatic rings. The summed E-state index contributed by atoms with van der Waals surface area (Å²) in [6.45, 7) is 0. The first kappa shape index (κ1) is 21.3. The Morgan fingerprint density at radius 1 is 1.00 bits per heavy atom. The summed E-state index contributed by atoms with van der Waals surface area (Å²) in [6, 6.07) is 19.8. The number of halogens is 2. The number of carbonyl (C=O) groups excluding carboxylic acids is 1. The molecule has 4 rings (SSSR count). The summed E-state index contributed by atoms with van der Waals surface area (Å²) >= 11 is 12.0. The van der Waals surface area contributed by atoms with Crippen LogP contribution in [0.3, 0.4) is 0 Å². The van der Waals surface area contributed by atoms with Crippen molar-refractivity contribution in [3.63, 3.8) is 0 Å². The van der Waals surface area contributed by atoms with Crippen LogP contribution < -0.4 is 16.2 Å². The highest BCUT2D eigenvalue weighted by molar-refractivity contribution is 7.73. The van der Waals surface area contributed by atoms with Gasteiger partial charge in [-0.25, -0.2) is 4.98 Å². The monoisotopic (exact) mass is 471 g/mol. The number of rotatable bonds is 5. The summed E-state index contributed by atoms with van der Waals surface area (Å²) in [5.74, 6) is -0.373. The number of hydrogen-bond donors (Lipinski definition) is 2. The van der Waals surface area contributed by atoms with Gasteiger partial charge in [0.15, 0.2) is 0 Å². The Labute approximate surface area is 188 Å². The van der Waals surface area contributed by atoms with Gasteiger partial charge in [-0.05, 0) is 54.6 Å². The lowest BCUT2D eigenvalue weighted by atomic mass is 10.2. The fourth-order valence-corrected chi connectivity index (χ4v) is 5.04. The normalized spacial score (nSPS) is 12.9. The van der Waals surface area contributed by atoms with E-state index >= 15 is 0 Å². The van der Waals surface area contributed by atoms with Crippen LogP contribution in [0.15, 0.2) is 85.2 Å². The molecule has 1 aromatic heterocycles. The molecule has 1 unspecified atom stereocenters. The van der Waals surface area contributed by atoms with Gasteiger partial charge in [-0.15, -0.1) is 0 Å². The molecule has 0 radical (unpaired) electrons. The second-order valence-electron chi connectivity index (χ2n) is 6.63. The average Bonchev–Trinajstić information content (AvgIpc) is 3.26. The molecule has 2 N–H and O–H groups in total. The zero-order chi connectivity index (χ0) is 22.0. The number of aromatic nitrogens is 2. The van der Waals surface area contributed by atoms with E-state index in [1.165, 1.54) is 12.3 Å². The van der Waals surface area contributed by atoms with Crippen LogP contribution in [0.25, 0.3) is 5.69 Å². The van der Waals surface area contributed by atoms with Crippen LogP contribution in [0, 0.1) is 0 Å². The predicted molar refractivity (Wildman–Crippen MR) is 124 cm³/mol. The van der Waals surface area contributed by atoms with Crippen molar-refractivity contribution in [1.29, 1.82) is 0 Å². The number of imidazole rings is 1. The van der Waals surface area contributed by atoms with Gasteiger partial charge in [0.05, 0.1) is 10.6 Å². The van der Waals surface area contributed by atoms with Gasteiger partial charge in [0.2, 0.25) is 5.57 Å². The second-order valence-corrected chi connectivity index (χ2v) is 9.55. The molecule has 0 bridgehead atoms. The third-order valence-corrected chi connectivity index (χ3v) is 7.00. The van der Waals surface area contributed by atoms with E-state index in [0.717, 1.165) is 0 Å². The van der Waals surface area contributed by atoms with E-state index in [4.69, 9.17) is 23.2 Å². The molecule has 156 valence electrons. The summed E-state index contributed by atoms with van der Waals surface area (Å²) in [5.41, 5.74) is 1.51. The lowest BCUT2D eigenvalue weighted by Gasteiger charge is -2.14. The number of nitrogens with one attached hydrogen (secondary N) is 1. The maximum absolute atomic E-state index is 13.1. The standard InChI is InChI=1S/C22H16Cl2N3O3P/c23-15-6-11-19(20(24)14-15)21(28)26-16-7-9-17(10-8-16)27-13-12-25-22(27)31(29,30)18-4-2-1-3-5-18/h1-14H,(H,26,28)(H,29,30). The molecular weight excluding hydrogens is 456 g/mol. The first-order chi connectivity index (χ1) is 14.9. The van der Waals surface area contributed by atoms with Gasteiger partial charge in [-0.1, -0.05) is 41.4 Å². The van der Waals surface area contributed by atoms with E-state index in [0.29, 0.717) is 27.3 Å². The molecule has 0 spiro atoms. The van der Waals surface area contributed by atoms with Gasteiger partial charge in [0.1, 0.15) is 0 Å². The van der Waals surface area contributed by atoms with E-state index in [1.807, 2.05) is 0 Å². The molecular formula is C22H16Cl2N3O3P. The zero-order valence-electron chi connectivity index (χ0n) is 15.9. The van der Waals surface area contributed by atoms with Crippen LogP contribution >= 0.6 is 30.6 Å². The number of benzene rings is 3. The molecule has 0 aliphatic carbocycles. The molecule has 0 saturated carbocycles. The predicted octanol–water partition coefficient (Wildman–Crippen LogP) is 4.65. The lowest BCUT2D eigenvalue weighted by molar-refractivity contribution is 0.102. The van der Waals surface area contributed by atoms with Gasteiger partial charge >= 0.3 is 0 Å². The molecule has 1 heterocycles. The van der Waals surface area contributed by atoms with E-state index in [1.54, 1.807) is 77.5 Å². The van der Waals surface area contributed by atoms with Crippen LogP contribution in [0.1, 0.15) is 10.4 Å². The smallest absolute Gasteiger partial charge is 0.293 e. The van der Waals surface area contributed by atoms with Crippen molar-refractivity contribution in [3.8, 4) is 5.69 Å². The second kappa shape index (κ2) is 8.69. The summed E-state index contributed by atoms with van der Waals surface area (Å²) in [4.78, 5) is 27.3. The van der Waals surface area contributed by atoms with Crippen LogP contribution in [-0.2, 0) is 4.57 Å². The van der Waals surface area contributed by atoms with Gasteiger partial charge in [-0.2, -0.15) is 0 Å². The van der Waals surface area contributed by atoms with Gasteiger partial charge in [-0.3, -0.25) is 13.9 Å². The van der Waals surface area contributed by atoms with E-state index in [2.05, 4.69) is 10.3 Å². The molecule has 3 aromatic carbocycles. The van der Waals surface area contributed by atoms with Gasteiger partial charge in [0.25, 0.3) is 13.3 Å². The molecule has 0 fully saturated rings. The third-order valence-electron chi connectivity index (χ3n) is 4.58. The number of amides is 1. The quantitative estimate of drug-likeness (QED) is 0.414. The van der Waals surface area contributed by atoms with Crippen molar-refractivity contribution in [2.24, 2.45) is 0 Å². The first-order valence-corrected chi connectivity index (χ1v) is 11.6. The third kappa shape index (κ3) is 4.43. The number of hydrogen-bond acceptors (Lipinski definition) is 3. The minimum absolute atomic E-state index is 0.0448.